The number of ether oxygens (including phenoxy) is 3. The van der Waals surface area contributed by atoms with Gasteiger partial charge in [-0.2, -0.15) is 0 Å². The number of nitrogens with one attached hydrogen (secondary N) is 2. The van der Waals surface area contributed by atoms with Gasteiger partial charge in [-0.15, -0.1) is 11.3 Å². The molecule has 0 spiro atoms. The summed E-state index contributed by atoms with van der Waals surface area (Å²) in [6.45, 7) is 0. The second kappa shape index (κ2) is 10.4. The highest BCUT2D eigenvalue weighted by atomic mass is 32.1. The second-order valence-corrected chi connectivity index (χ2v) is 7.33. The number of methoxy groups -OCH3 is 3. The monoisotopic (exact) mass is 441 g/mol. The fourth-order valence-corrected chi connectivity index (χ4v) is 3.64. The molecule has 2 N–H and O–H groups in total. The number of anilines is 1. The van der Waals surface area contributed by atoms with Crippen LogP contribution in [-0.2, 0) is 16.0 Å². The van der Waals surface area contributed by atoms with Gasteiger partial charge in [0.25, 0.3) is 0 Å². The zero-order valence-corrected chi connectivity index (χ0v) is 18.2. The minimum absolute atomic E-state index is 0.309. The highest BCUT2D eigenvalue weighted by molar-refractivity contribution is 7.14. The molecule has 0 aliphatic heterocycles. The van der Waals surface area contributed by atoms with E-state index in [4.69, 9.17) is 9.47 Å². The van der Waals surface area contributed by atoms with E-state index in [1.165, 1.54) is 18.4 Å². The number of carbonyl (C=O) groups excluding carboxylic acids is 2. The maximum absolute atomic E-state index is 12.9. The lowest BCUT2D eigenvalue weighted by Crippen LogP contribution is -2.45. The number of thiazole rings is 1. The largest absolute Gasteiger partial charge is 0.497 e. The van der Waals surface area contributed by atoms with Gasteiger partial charge in [0.2, 0.25) is 5.91 Å². The molecule has 0 aliphatic rings. The summed E-state index contributed by atoms with van der Waals surface area (Å²) in [6.07, 6.45) is -0.374. The predicted octanol–water partition coefficient (Wildman–Crippen LogP) is 3.73. The van der Waals surface area contributed by atoms with Gasteiger partial charge in [-0.3, -0.25) is 4.79 Å². The maximum Gasteiger partial charge on any atom is 0.407 e. The Morgan fingerprint density at radius 1 is 1.06 bits per heavy atom. The average molecular weight is 442 g/mol. The number of alkyl carbamates (subject to hydrolysis) is 1. The van der Waals surface area contributed by atoms with E-state index in [0.29, 0.717) is 28.7 Å². The molecule has 2 amide bonds. The Balaban J connectivity index is 1.78. The highest BCUT2D eigenvalue weighted by Gasteiger charge is 2.23. The summed E-state index contributed by atoms with van der Waals surface area (Å²) in [6, 6.07) is 14.0. The SMILES string of the molecule is COC(=O)NC(Cc1ccccc1)C(=O)Nc1nc(-c2cc(OC)ccc2OC)cs1. The van der Waals surface area contributed by atoms with Crippen molar-refractivity contribution < 1.29 is 23.8 Å². The Kier molecular flexibility index (Phi) is 7.45. The first-order valence-electron chi connectivity index (χ1n) is 9.41. The van der Waals surface area contributed by atoms with Gasteiger partial charge in [0.05, 0.1) is 27.0 Å². The van der Waals surface area contributed by atoms with Crippen LogP contribution in [0.1, 0.15) is 5.56 Å². The summed E-state index contributed by atoms with van der Waals surface area (Å²) < 4.78 is 15.4. The summed E-state index contributed by atoms with van der Waals surface area (Å²) in [5, 5.41) is 7.56. The minimum Gasteiger partial charge on any atom is -0.497 e. The minimum atomic E-state index is -0.825. The van der Waals surface area contributed by atoms with E-state index in [9.17, 15) is 9.59 Å². The molecular weight excluding hydrogens is 418 g/mol. The van der Waals surface area contributed by atoms with Crippen molar-refractivity contribution >= 4 is 28.5 Å². The fraction of sp³-hybridized carbons (Fsp3) is 0.227. The molecule has 1 unspecified atom stereocenters. The molecule has 9 heteroatoms. The van der Waals surface area contributed by atoms with Crippen LogP contribution in [0.5, 0.6) is 11.5 Å². The molecule has 3 aromatic rings. The normalized spacial score (nSPS) is 11.3. The second-order valence-electron chi connectivity index (χ2n) is 6.47. The van der Waals surface area contributed by atoms with Gasteiger partial charge < -0.3 is 24.8 Å². The Morgan fingerprint density at radius 2 is 1.84 bits per heavy atom. The van der Waals surface area contributed by atoms with E-state index in [1.54, 1.807) is 26.4 Å². The molecule has 0 saturated heterocycles. The van der Waals surface area contributed by atoms with Crippen LogP contribution in [0.4, 0.5) is 9.93 Å². The number of carbonyl (C=O) groups is 2. The maximum atomic E-state index is 12.9. The number of hydrogen-bond acceptors (Lipinski definition) is 7. The van der Waals surface area contributed by atoms with E-state index < -0.39 is 18.0 Å². The Hall–Kier alpha value is -3.59. The van der Waals surface area contributed by atoms with E-state index in [-0.39, 0.29) is 0 Å². The third kappa shape index (κ3) is 5.73. The van der Waals surface area contributed by atoms with Gasteiger partial charge in [-0.1, -0.05) is 30.3 Å². The summed E-state index contributed by atoms with van der Waals surface area (Å²) >= 11 is 1.27. The predicted molar refractivity (Wildman–Crippen MR) is 119 cm³/mol. The van der Waals surface area contributed by atoms with Gasteiger partial charge in [-0.25, -0.2) is 9.78 Å². The third-order valence-corrected chi connectivity index (χ3v) is 5.25. The summed E-state index contributed by atoms with van der Waals surface area (Å²) in [5.41, 5.74) is 2.28. The van der Waals surface area contributed by atoms with Crippen LogP contribution in [0, 0.1) is 0 Å². The lowest BCUT2D eigenvalue weighted by Gasteiger charge is -2.17. The topological polar surface area (TPSA) is 98.8 Å². The van der Waals surface area contributed by atoms with Crippen molar-refractivity contribution in [1.82, 2.24) is 10.3 Å². The first-order valence-corrected chi connectivity index (χ1v) is 10.3. The van der Waals surface area contributed by atoms with Gasteiger partial charge in [-0.05, 0) is 23.8 Å². The van der Waals surface area contributed by atoms with Gasteiger partial charge in [0, 0.05) is 17.4 Å². The number of benzene rings is 2. The number of rotatable bonds is 8. The summed E-state index contributed by atoms with van der Waals surface area (Å²) in [4.78, 5) is 29.1. The van der Waals surface area contributed by atoms with E-state index in [0.717, 1.165) is 11.1 Å². The molecule has 162 valence electrons. The Morgan fingerprint density at radius 3 is 2.52 bits per heavy atom. The van der Waals surface area contributed by atoms with Crippen molar-refractivity contribution in [3.8, 4) is 22.8 Å². The highest BCUT2D eigenvalue weighted by Crippen LogP contribution is 2.35. The smallest absolute Gasteiger partial charge is 0.407 e. The van der Waals surface area contributed by atoms with E-state index >= 15 is 0 Å². The third-order valence-electron chi connectivity index (χ3n) is 4.49. The first-order chi connectivity index (χ1) is 15.0. The molecule has 3 rings (SSSR count). The molecule has 31 heavy (non-hydrogen) atoms. The molecular formula is C22H23N3O5S. The van der Waals surface area contributed by atoms with Crippen LogP contribution in [-0.4, -0.2) is 44.4 Å². The molecule has 0 aliphatic carbocycles. The lowest BCUT2D eigenvalue weighted by molar-refractivity contribution is -0.118. The molecule has 2 aromatic carbocycles. The van der Waals surface area contributed by atoms with Crippen LogP contribution in [0.3, 0.4) is 0 Å². The average Bonchev–Trinajstić information content (AvgIpc) is 3.26. The van der Waals surface area contributed by atoms with Gasteiger partial charge >= 0.3 is 6.09 Å². The molecule has 1 heterocycles. The number of aromatic nitrogens is 1. The molecule has 0 radical (unpaired) electrons. The van der Waals surface area contributed by atoms with Crippen LogP contribution < -0.4 is 20.1 Å². The molecule has 0 bridgehead atoms. The van der Waals surface area contributed by atoms with Crippen LogP contribution in [0.2, 0.25) is 0 Å². The van der Waals surface area contributed by atoms with Crippen LogP contribution in [0.25, 0.3) is 11.3 Å². The summed E-state index contributed by atoms with van der Waals surface area (Å²) in [7, 11) is 4.41. The molecule has 0 saturated carbocycles. The zero-order valence-electron chi connectivity index (χ0n) is 17.4. The number of amides is 2. The van der Waals surface area contributed by atoms with Crippen molar-refractivity contribution in [2.45, 2.75) is 12.5 Å². The van der Waals surface area contributed by atoms with E-state index in [1.807, 2.05) is 41.8 Å². The Bertz CT molecular complexity index is 1040. The number of nitrogens with zero attached hydrogens (tertiary/aromatic N) is 1. The van der Waals surface area contributed by atoms with Crippen molar-refractivity contribution in [2.75, 3.05) is 26.6 Å². The molecule has 8 nitrogen and oxygen atoms in total. The number of hydrogen-bond donors (Lipinski definition) is 2. The molecule has 1 atom stereocenters. The van der Waals surface area contributed by atoms with Crippen LogP contribution >= 0.6 is 11.3 Å². The van der Waals surface area contributed by atoms with Crippen molar-refractivity contribution in [3.63, 3.8) is 0 Å². The van der Waals surface area contributed by atoms with Crippen molar-refractivity contribution in [1.29, 1.82) is 0 Å². The molecule has 0 fully saturated rings. The first kappa shape index (κ1) is 22.1. The lowest BCUT2D eigenvalue weighted by atomic mass is 10.1. The van der Waals surface area contributed by atoms with Crippen molar-refractivity contribution in [2.24, 2.45) is 0 Å². The van der Waals surface area contributed by atoms with E-state index in [2.05, 4.69) is 20.4 Å². The molecule has 1 aromatic heterocycles. The summed E-state index contributed by atoms with van der Waals surface area (Å²) in [5.74, 6) is 0.908. The quantitative estimate of drug-likeness (QED) is 0.553. The van der Waals surface area contributed by atoms with Gasteiger partial charge in [0.15, 0.2) is 5.13 Å². The standard InChI is InChI=1S/C22H23N3O5S/c1-28-15-9-10-19(29-2)16(12-15)18-13-31-21(23-18)25-20(26)17(24-22(27)30-3)11-14-7-5-4-6-8-14/h4-10,12-13,17H,11H2,1-3H3,(H,24,27)(H,23,25,26). The van der Waals surface area contributed by atoms with Gasteiger partial charge in [0.1, 0.15) is 17.5 Å². The van der Waals surface area contributed by atoms with Crippen molar-refractivity contribution in [3.05, 3.63) is 59.5 Å². The fourth-order valence-electron chi connectivity index (χ4n) is 2.92. The van der Waals surface area contributed by atoms with Crippen LogP contribution in [0.15, 0.2) is 53.9 Å². The Labute approximate surface area is 184 Å². The zero-order chi connectivity index (χ0) is 22.2.